The standard InChI is InChI=1S/C12H23OSi.3C4H9.Sn/c1-8-11(2)9-10-13-14(6,7)12(3,4)5;3*1-3-4-2;/h1,8-9H,10H2,2-7H3;3*1,3-4H2,2H3;/b8-1?,11-9+;;;;. The Balaban J connectivity index is 5.10. The minimum atomic E-state index is -2.14. The molecule has 1 nitrogen and oxygen atoms in total. The van der Waals surface area contributed by atoms with Crippen LogP contribution >= 0.6 is 0 Å². The van der Waals surface area contributed by atoms with Crippen molar-refractivity contribution in [3.63, 3.8) is 0 Å². The first kappa shape index (κ1) is 27.5. The zero-order valence-electron chi connectivity index (χ0n) is 20.2. The molecule has 0 aliphatic heterocycles. The van der Waals surface area contributed by atoms with Crippen LogP contribution in [0.2, 0.25) is 31.4 Å². The van der Waals surface area contributed by atoms with Crippen molar-refractivity contribution >= 4 is 26.7 Å². The molecule has 0 saturated carbocycles. The fourth-order valence-corrected chi connectivity index (χ4v) is 18.5. The molecule has 0 rings (SSSR count). The molecular weight excluding hydrogens is 451 g/mol. The van der Waals surface area contributed by atoms with E-state index in [4.69, 9.17) is 4.43 Å². The van der Waals surface area contributed by atoms with Gasteiger partial charge in [-0.3, -0.25) is 0 Å². The van der Waals surface area contributed by atoms with Crippen LogP contribution in [0.5, 0.6) is 0 Å². The Hall–Kier alpha value is 0.456. The first-order valence-electron chi connectivity index (χ1n) is 11.5. The second kappa shape index (κ2) is 13.6. The van der Waals surface area contributed by atoms with Crippen LogP contribution in [0, 0.1) is 0 Å². The van der Waals surface area contributed by atoms with E-state index in [1.54, 1.807) is 13.3 Å². The van der Waals surface area contributed by atoms with Crippen LogP contribution in [0.25, 0.3) is 0 Å². The molecule has 0 saturated heterocycles. The predicted molar refractivity (Wildman–Crippen MR) is 131 cm³/mol. The third-order valence-corrected chi connectivity index (χ3v) is 25.0. The summed E-state index contributed by atoms with van der Waals surface area (Å²) in [6.07, 6.45) is 13.1. The summed E-state index contributed by atoms with van der Waals surface area (Å²) in [6.45, 7) is 21.7. The Morgan fingerprint density at radius 2 is 1.33 bits per heavy atom. The van der Waals surface area contributed by atoms with E-state index in [9.17, 15) is 0 Å². The maximum atomic E-state index is 6.34. The van der Waals surface area contributed by atoms with Crippen molar-refractivity contribution in [1.82, 2.24) is 0 Å². The van der Waals surface area contributed by atoms with Crippen molar-refractivity contribution in [1.29, 1.82) is 0 Å². The molecule has 27 heavy (non-hydrogen) atoms. The van der Waals surface area contributed by atoms with Crippen molar-refractivity contribution in [2.24, 2.45) is 0 Å². The van der Waals surface area contributed by atoms with Crippen LogP contribution in [0.3, 0.4) is 0 Å². The van der Waals surface area contributed by atoms with E-state index in [1.165, 1.54) is 44.1 Å². The molecule has 3 heteroatoms. The average molecular weight is 501 g/mol. The third-order valence-electron chi connectivity index (χ3n) is 6.44. The normalized spacial score (nSPS) is 14.3. The van der Waals surface area contributed by atoms with Crippen LogP contribution in [0.4, 0.5) is 0 Å². The van der Waals surface area contributed by atoms with E-state index < -0.39 is 26.7 Å². The number of rotatable bonds is 14. The van der Waals surface area contributed by atoms with E-state index in [0.29, 0.717) is 0 Å². The fraction of sp³-hybridized carbons (Fsp3) is 0.833. The number of allylic oxidation sites excluding steroid dienone is 2. The van der Waals surface area contributed by atoms with Crippen LogP contribution in [-0.2, 0) is 4.43 Å². The van der Waals surface area contributed by atoms with E-state index in [0.717, 1.165) is 6.61 Å². The molecule has 160 valence electrons. The molecule has 0 aromatic carbocycles. The number of hydrogen-bond acceptors (Lipinski definition) is 1. The van der Waals surface area contributed by atoms with E-state index in [-0.39, 0.29) is 5.04 Å². The summed E-state index contributed by atoms with van der Waals surface area (Å²) in [5, 5.41) is 0.288. The Morgan fingerprint density at radius 1 is 0.889 bits per heavy atom. The van der Waals surface area contributed by atoms with Crippen LogP contribution in [-0.4, -0.2) is 33.3 Å². The Morgan fingerprint density at radius 3 is 1.70 bits per heavy atom. The summed E-state index contributed by atoms with van der Waals surface area (Å²) in [5.41, 5.74) is 1.40. The summed E-state index contributed by atoms with van der Waals surface area (Å²) < 4.78 is 13.8. The molecule has 0 spiro atoms. The summed E-state index contributed by atoms with van der Waals surface area (Å²) in [6, 6.07) is 0. The van der Waals surface area contributed by atoms with Gasteiger partial charge in [0, 0.05) is 0 Å². The summed E-state index contributed by atoms with van der Waals surface area (Å²) in [4.78, 5) is 0. The third kappa shape index (κ3) is 11.3. The monoisotopic (exact) mass is 502 g/mol. The molecule has 0 bridgehead atoms. The molecule has 0 aliphatic rings. The summed E-state index contributed by atoms with van der Waals surface area (Å²) >= 11 is -2.14. The molecule has 0 aromatic heterocycles. The molecule has 0 aromatic rings. The van der Waals surface area contributed by atoms with Crippen molar-refractivity contribution in [2.45, 2.75) is 118 Å². The second-order valence-electron chi connectivity index (χ2n) is 10.0. The van der Waals surface area contributed by atoms with Crippen molar-refractivity contribution in [3.8, 4) is 0 Å². The van der Waals surface area contributed by atoms with Crippen molar-refractivity contribution < 1.29 is 4.43 Å². The minimum absolute atomic E-state index is 0.288. The topological polar surface area (TPSA) is 9.23 Å². The van der Waals surface area contributed by atoms with Gasteiger partial charge in [0.1, 0.15) is 0 Å². The molecule has 0 heterocycles. The second-order valence-corrected chi connectivity index (χ2v) is 27.8. The molecule has 0 radical (unpaired) electrons. The van der Waals surface area contributed by atoms with Gasteiger partial charge in [-0.25, -0.2) is 0 Å². The molecule has 0 amide bonds. The van der Waals surface area contributed by atoms with Gasteiger partial charge in [-0.2, -0.15) is 0 Å². The van der Waals surface area contributed by atoms with Crippen LogP contribution in [0.15, 0.2) is 21.8 Å². The maximum absolute atomic E-state index is 6.34. The number of hydrogen-bond donors (Lipinski definition) is 0. The molecular formula is C24H50OSiSn. The van der Waals surface area contributed by atoms with E-state index in [1.807, 2.05) is 0 Å². The average Bonchev–Trinajstić information content (AvgIpc) is 2.59. The van der Waals surface area contributed by atoms with Crippen molar-refractivity contribution in [2.75, 3.05) is 6.61 Å². The molecule has 0 unspecified atom stereocenters. The van der Waals surface area contributed by atoms with Crippen LogP contribution < -0.4 is 0 Å². The Bertz CT molecular complexity index is 424. The zero-order valence-corrected chi connectivity index (χ0v) is 24.1. The molecule has 0 aliphatic carbocycles. The Labute approximate surface area is 177 Å². The van der Waals surface area contributed by atoms with Gasteiger partial charge in [-0.1, -0.05) is 0 Å². The first-order valence-corrected chi connectivity index (χ1v) is 22.1. The van der Waals surface area contributed by atoms with Crippen LogP contribution in [0.1, 0.15) is 87.0 Å². The van der Waals surface area contributed by atoms with Gasteiger partial charge in [-0.05, 0) is 0 Å². The van der Waals surface area contributed by atoms with Gasteiger partial charge < -0.3 is 0 Å². The molecule has 0 N–H and O–H groups in total. The van der Waals surface area contributed by atoms with Gasteiger partial charge in [0.25, 0.3) is 0 Å². The fourth-order valence-electron chi connectivity index (χ4n) is 3.19. The van der Waals surface area contributed by atoms with E-state index >= 15 is 0 Å². The summed E-state index contributed by atoms with van der Waals surface area (Å²) in [5.74, 6) is 0. The summed E-state index contributed by atoms with van der Waals surface area (Å²) in [7, 11) is -1.64. The number of unbranched alkanes of at least 4 members (excludes halogenated alkanes) is 3. The molecule has 0 atom stereocenters. The first-order chi connectivity index (χ1) is 12.5. The van der Waals surface area contributed by atoms with E-state index in [2.05, 4.69) is 77.8 Å². The zero-order chi connectivity index (χ0) is 21.0. The van der Waals surface area contributed by atoms with Gasteiger partial charge in [-0.15, -0.1) is 0 Å². The van der Waals surface area contributed by atoms with Crippen molar-refractivity contribution in [3.05, 3.63) is 21.8 Å². The molecule has 0 fully saturated rings. The van der Waals surface area contributed by atoms with Gasteiger partial charge in [0.05, 0.1) is 0 Å². The van der Waals surface area contributed by atoms with Gasteiger partial charge in [0.15, 0.2) is 0 Å². The quantitative estimate of drug-likeness (QED) is 0.171. The van der Waals surface area contributed by atoms with Gasteiger partial charge in [0.2, 0.25) is 0 Å². The SMILES string of the molecule is CCC[CH2][Sn](/[CH]=C\C(C)=C\CO[Si](C)(C)C(C)(C)C)([CH2]CCC)[CH2]CCC. The van der Waals surface area contributed by atoms with Gasteiger partial charge >= 0.3 is 178 Å². The Kier molecular flexibility index (Phi) is 13.9. The predicted octanol–water partition coefficient (Wildman–Crippen LogP) is 8.90.